The second kappa shape index (κ2) is 3.91. The molecule has 4 heteroatoms. The van der Waals surface area contributed by atoms with Crippen molar-refractivity contribution in [1.29, 1.82) is 0 Å². The molecule has 0 spiro atoms. The van der Waals surface area contributed by atoms with Crippen LogP contribution >= 0.6 is 0 Å². The summed E-state index contributed by atoms with van der Waals surface area (Å²) in [6.45, 7) is 0.356. The number of methoxy groups -OCH3 is 1. The van der Waals surface area contributed by atoms with Gasteiger partial charge in [0.05, 0.1) is 12.7 Å². The molecule has 1 rings (SSSR count). The molecule has 4 N–H and O–H groups in total. The van der Waals surface area contributed by atoms with Crippen LogP contribution in [0.25, 0.3) is 0 Å². The van der Waals surface area contributed by atoms with Gasteiger partial charge in [-0.05, 0) is 23.8 Å². The van der Waals surface area contributed by atoms with E-state index in [9.17, 15) is 4.79 Å². The standard InChI is InChI=1S/C9H12N2O2/c1-13-9(12)7-2-6(5-10)3-8(11)4-7/h2-4H,5,10-11H2,1H3. The van der Waals surface area contributed by atoms with Crippen molar-refractivity contribution in [3.63, 3.8) is 0 Å². The lowest BCUT2D eigenvalue weighted by atomic mass is 10.1. The van der Waals surface area contributed by atoms with E-state index in [1.807, 2.05) is 0 Å². The Morgan fingerprint density at radius 1 is 1.46 bits per heavy atom. The van der Waals surface area contributed by atoms with Crippen molar-refractivity contribution in [2.24, 2.45) is 5.73 Å². The smallest absolute Gasteiger partial charge is 0.337 e. The van der Waals surface area contributed by atoms with E-state index < -0.39 is 5.97 Å². The van der Waals surface area contributed by atoms with E-state index >= 15 is 0 Å². The second-order valence-electron chi connectivity index (χ2n) is 2.66. The van der Waals surface area contributed by atoms with E-state index in [2.05, 4.69) is 4.74 Å². The fourth-order valence-corrected chi connectivity index (χ4v) is 1.07. The van der Waals surface area contributed by atoms with E-state index in [-0.39, 0.29) is 0 Å². The number of anilines is 1. The number of nitrogen functional groups attached to an aromatic ring is 1. The van der Waals surface area contributed by atoms with Crippen LogP contribution in [-0.4, -0.2) is 13.1 Å². The van der Waals surface area contributed by atoms with Crippen molar-refractivity contribution in [3.8, 4) is 0 Å². The van der Waals surface area contributed by atoms with E-state index in [0.29, 0.717) is 17.8 Å². The van der Waals surface area contributed by atoms with Crippen LogP contribution < -0.4 is 11.5 Å². The maximum absolute atomic E-state index is 11.1. The molecule has 0 saturated carbocycles. The predicted octanol–water partition coefficient (Wildman–Crippen LogP) is 0.514. The summed E-state index contributed by atoms with van der Waals surface area (Å²) in [5.74, 6) is -0.401. The highest BCUT2D eigenvalue weighted by Crippen LogP contribution is 2.12. The number of rotatable bonds is 2. The largest absolute Gasteiger partial charge is 0.465 e. The van der Waals surface area contributed by atoms with E-state index in [4.69, 9.17) is 11.5 Å². The van der Waals surface area contributed by atoms with Gasteiger partial charge >= 0.3 is 5.97 Å². The molecule has 13 heavy (non-hydrogen) atoms. The molecule has 1 aromatic rings. The molecular weight excluding hydrogens is 168 g/mol. The van der Waals surface area contributed by atoms with Gasteiger partial charge in [-0.2, -0.15) is 0 Å². The van der Waals surface area contributed by atoms with Crippen LogP contribution in [0.3, 0.4) is 0 Å². The summed E-state index contributed by atoms with van der Waals surface area (Å²) >= 11 is 0. The van der Waals surface area contributed by atoms with E-state index in [0.717, 1.165) is 5.56 Å². The summed E-state index contributed by atoms with van der Waals surface area (Å²) in [6, 6.07) is 4.96. The number of carbonyl (C=O) groups excluding carboxylic acids is 1. The first-order valence-corrected chi connectivity index (χ1v) is 3.85. The minimum atomic E-state index is -0.401. The zero-order valence-corrected chi connectivity index (χ0v) is 7.41. The number of carbonyl (C=O) groups is 1. The summed E-state index contributed by atoms with van der Waals surface area (Å²) in [5, 5.41) is 0. The summed E-state index contributed by atoms with van der Waals surface area (Å²) in [7, 11) is 1.33. The van der Waals surface area contributed by atoms with Gasteiger partial charge in [-0.25, -0.2) is 4.79 Å². The molecule has 0 aliphatic rings. The lowest BCUT2D eigenvalue weighted by Gasteiger charge is -2.03. The molecule has 0 saturated heterocycles. The first-order valence-electron chi connectivity index (χ1n) is 3.85. The molecule has 0 amide bonds. The Labute approximate surface area is 76.5 Å². The molecule has 0 aliphatic heterocycles. The summed E-state index contributed by atoms with van der Waals surface area (Å²) in [4.78, 5) is 11.1. The number of hydrogen-bond acceptors (Lipinski definition) is 4. The molecule has 0 aromatic heterocycles. The number of hydrogen-bond donors (Lipinski definition) is 2. The highest BCUT2D eigenvalue weighted by atomic mass is 16.5. The van der Waals surface area contributed by atoms with Crippen LogP contribution in [0.5, 0.6) is 0 Å². The van der Waals surface area contributed by atoms with Crippen molar-refractivity contribution in [2.75, 3.05) is 12.8 Å². The molecular formula is C9H12N2O2. The van der Waals surface area contributed by atoms with Crippen LogP contribution in [0, 0.1) is 0 Å². The van der Waals surface area contributed by atoms with Gasteiger partial charge in [-0.3, -0.25) is 0 Å². The normalized spacial score (nSPS) is 9.69. The lowest BCUT2D eigenvalue weighted by Crippen LogP contribution is -2.05. The molecule has 0 aliphatic carbocycles. The number of benzene rings is 1. The van der Waals surface area contributed by atoms with Gasteiger partial charge < -0.3 is 16.2 Å². The van der Waals surface area contributed by atoms with Crippen LogP contribution in [0.1, 0.15) is 15.9 Å². The minimum Gasteiger partial charge on any atom is -0.465 e. The van der Waals surface area contributed by atoms with Crippen molar-refractivity contribution < 1.29 is 9.53 Å². The Hall–Kier alpha value is -1.55. The fourth-order valence-electron chi connectivity index (χ4n) is 1.07. The first-order chi connectivity index (χ1) is 6.17. The van der Waals surface area contributed by atoms with E-state index in [1.165, 1.54) is 7.11 Å². The second-order valence-corrected chi connectivity index (χ2v) is 2.66. The first kappa shape index (κ1) is 9.54. The molecule has 0 fully saturated rings. The van der Waals surface area contributed by atoms with Crippen LogP contribution in [0.2, 0.25) is 0 Å². The Morgan fingerprint density at radius 2 is 2.15 bits per heavy atom. The summed E-state index contributed by atoms with van der Waals surface area (Å²) < 4.78 is 4.56. The quantitative estimate of drug-likeness (QED) is 0.513. The van der Waals surface area contributed by atoms with Crippen molar-refractivity contribution >= 4 is 11.7 Å². The maximum Gasteiger partial charge on any atom is 0.337 e. The molecule has 0 unspecified atom stereocenters. The Kier molecular flexibility index (Phi) is 2.87. The van der Waals surface area contributed by atoms with Gasteiger partial charge in [-0.1, -0.05) is 0 Å². The van der Waals surface area contributed by atoms with Gasteiger partial charge in [0, 0.05) is 12.2 Å². The molecule has 0 bridgehead atoms. The fraction of sp³-hybridized carbons (Fsp3) is 0.222. The summed E-state index contributed by atoms with van der Waals surface area (Å²) in [6.07, 6.45) is 0. The highest BCUT2D eigenvalue weighted by molar-refractivity contribution is 5.90. The zero-order chi connectivity index (χ0) is 9.84. The molecule has 70 valence electrons. The topological polar surface area (TPSA) is 78.3 Å². The monoisotopic (exact) mass is 180 g/mol. The van der Waals surface area contributed by atoms with Crippen molar-refractivity contribution in [1.82, 2.24) is 0 Å². The minimum absolute atomic E-state index is 0.356. The Bertz CT molecular complexity index is 323. The zero-order valence-electron chi connectivity index (χ0n) is 7.41. The molecule has 0 radical (unpaired) electrons. The lowest BCUT2D eigenvalue weighted by molar-refractivity contribution is 0.0600. The summed E-state index contributed by atoms with van der Waals surface area (Å²) in [5.41, 5.74) is 12.8. The highest BCUT2D eigenvalue weighted by Gasteiger charge is 2.06. The van der Waals surface area contributed by atoms with Gasteiger partial charge in [0.2, 0.25) is 0 Å². The average Bonchev–Trinajstić information content (AvgIpc) is 2.15. The molecule has 0 heterocycles. The van der Waals surface area contributed by atoms with Crippen LogP contribution in [0.15, 0.2) is 18.2 Å². The third kappa shape index (κ3) is 2.19. The van der Waals surface area contributed by atoms with Gasteiger partial charge in [0.15, 0.2) is 0 Å². The molecule has 0 atom stereocenters. The molecule has 1 aromatic carbocycles. The van der Waals surface area contributed by atoms with Crippen molar-refractivity contribution in [3.05, 3.63) is 29.3 Å². The van der Waals surface area contributed by atoms with Crippen LogP contribution in [0.4, 0.5) is 5.69 Å². The number of ether oxygens (including phenoxy) is 1. The molecule has 4 nitrogen and oxygen atoms in total. The number of esters is 1. The SMILES string of the molecule is COC(=O)c1cc(N)cc(CN)c1. The Balaban J connectivity index is 3.08. The third-order valence-electron chi connectivity index (χ3n) is 1.67. The van der Waals surface area contributed by atoms with E-state index in [1.54, 1.807) is 18.2 Å². The third-order valence-corrected chi connectivity index (χ3v) is 1.67. The van der Waals surface area contributed by atoms with Crippen molar-refractivity contribution in [2.45, 2.75) is 6.54 Å². The Morgan fingerprint density at radius 3 is 2.69 bits per heavy atom. The number of nitrogens with two attached hydrogens (primary N) is 2. The predicted molar refractivity (Wildman–Crippen MR) is 50.1 cm³/mol. The van der Waals surface area contributed by atoms with Gasteiger partial charge in [-0.15, -0.1) is 0 Å². The van der Waals surface area contributed by atoms with Crippen LogP contribution in [-0.2, 0) is 11.3 Å². The van der Waals surface area contributed by atoms with Gasteiger partial charge in [0.25, 0.3) is 0 Å². The van der Waals surface area contributed by atoms with Gasteiger partial charge in [0.1, 0.15) is 0 Å². The average molecular weight is 180 g/mol. The maximum atomic E-state index is 11.1.